The molecule has 0 bridgehead atoms. The number of nitrogens with one attached hydrogen (secondary N) is 1. The molecule has 1 fully saturated rings. The summed E-state index contributed by atoms with van der Waals surface area (Å²) in [5.41, 5.74) is 0.961. The summed E-state index contributed by atoms with van der Waals surface area (Å²) < 4.78 is 5.06. The summed E-state index contributed by atoms with van der Waals surface area (Å²) >= 11 is 0. The Kier molecular flexibility index (Phi) is 5.16. The Morgan fingerprint density at radius 3 is 2.75 bits per heavy atom. The number of hydrogen-bond acceptors (Lipinski definition) is 5. The molecule has 0 radical (unpaired) electrons. The number of terminal acetylenes is 1. The van der Waals surface area contributed by atoms with Gasteiger partial charge in [-0.2, -0.15) is 0 Å². The van der Waals surface area contributed by atoms with Gasteiger partial charge in [0.1, 0.15) is 5.76 Å². The molecule has 1 aliphatic rings. The fraction of sp³-hybridized carbons (Fsp3) is 0.571. The maximum atomic E-state index is 11.6. The number of amides is 1. The molecule has 1 aromatic heterocycles. The third kappa shape index (κ3) is 4.37. The first-order valence-electron chi connectivity index (χ1n) is 6.74. The molecule has 0 atom stereocenters. The SMILES string of the molecule is C#CCNC(=O)CN1CCN(Cc2cc(C)on2)CC1. The van der Waals surface area contributed by atoms with Gasteiger partial charge in [0.15, 0.2) is 0 Å². The molecule has 1 N–H and O–H groups in total. The molecule has 20 heavy (non-hydrogen) atoms. The fourth-order valence-electron chi connectivity index (χ4n) is 2.24. The first-order chi connectivity index (χ1) is 9.67. The maximum absolute atomic E-state index is 11.6. The van der Waals surface area contributed by atoms with Gasteiger partial charge in [-0.3, -0.25) is 14.6 Å². The quantitative estimate of drug-likeness (QED) is 0.758. The lowest BCUT2D eigenvalue weighted by Crippen LogP contribution is -2.49. The zero-order valence-electron chi connectivity index (χ0n) is 11.8. The van der Waals surface area contributed by atoms with Crippen LogP contribution in [0.2, 0.25) is 0 Å². The lowest BCUT2D eigenvalue weighted by atomic mass is 10.2. The number of aromatic nitrogens is 1. The normalized spacial score (nSPS) is 16.8. The summed E-state index contributed by atoms with van der Waals surface area (Å²) in [6.07, 6.45) is 5.10. The Bertz CT molecular complexity index is 484. The Morgan fingerprint density at radius 2 is 2.15 bits per heavy atom. The van der Waals surface area contributed by atoms with E-state index in [0.29, 0.717) is 13.1 Å². The van der Waals surface area contributed by atoms with Gasteiger partial charge in [0, 0.05) is 38.8 Å². The smallest absolute Gasteiger partial charge is 0.234 e. The van der Waals surface area contributed by atoms with Crippen LogP contribution in [0, 0.1) is 19.3 Å². The highest BCUT2D eigenvalue weighted by atomic mass is 16.5. The molecule has 1 aromatic rings. The summed E-state index contributed by atoms with van der Waals surface area (Å²) in [6.45, 7) is 7.00. The van der Waals surface area contributed by atoms with E-state index in [2.05, 4.69) is 26.2 Å². The van der Waals surface area contributed by atoms with Crippen LogP contribution in [-0.4, -0.2) is 60.1 Å². The van der Waals surface area contributed by atoms with Gasteiger partial charge in [-0.25, -0.2) is 0 Å². The standard InChI is InChI=1S/C14H20N4O2/c1-3-4-15-14(19)11-18-7-5-17(6-8-18)10-13-9-12(2)20-16-13/h1,9H,4-8,10-11H2,2H3,(H,15,19). The molecule has 6 nitrogen and oxygen atoms in total. The van der Waals surface area contributed by atoms with Gasteiger partial charge in [-0.15, -0.1) is 6.42 Å². The molecule has 2 rings (SSSR count). The lowest BCUT2D eigenvalue weighted by molar-refractivity contribution is -0.122. The fourth-order valence-corrected chi connectivity index (χ4v) is 2.24. The number of carbonyl (C=O) groups excluding carboxylic acids is 1. The molecule has 2 heterocycles. The largest absolute Gasteiger partial charge is 0.361 e. The summed E-state index contributed by atoms with van der Waals surface area (Å²) in [5.74, 6) is 3.22. The van der Waals surface area contributed by atoms with Crippen LogP contribution in [0.4, 0.5) is 0 Å². The molecule has 1 saturated heterocycles. The van der Waals surface area contributed by atoms with Gasteiger partial charge in [0.2, 0.25) is 5.91 Å². The summed E-state index contributed by atoms with van der Waals surface area (Å²) in [7, 11) is 0. The van der Waals surface area contributed by atoms with E-state index in [9.17, 15) is 4.79 Å². The Labute approximate surface area is 119 Å². The van der Waals surface area contributed by atoms with Crippen molar-refractivity contribution in [2.45, 2.75) is 13.5 Å². The van der Waals surface area contributed by atoms with Gasteiger partial charge >= 0.3 is 0 Å². The molecule has 0 saturated carbocycles. The monoisotopic (exact) mass is 276 g/mol. The van der Waals surface area contributed by atoms with Crippen LogP contribution >= 0.6 is 0 Å². The van der Waals surface area contributed by atoms with Crippen LogP contribution in [0.1, 0.15) is 11.5 Å². The van der Waals surface area contributed by atoms with E-state index in [4.69, 9.17) is 10.9 Å². The number of piperazine rings is 1. The van der Waals surface area contributed by atoms with Crippen LogP contribution in [0.25, 0.3) is 0 Å². The van der Waals surface area contributed by atoms with E-state index in [1.807, 2.05) is 13.0 Å². The van der Waals surface area contributed by atoms with Gasteiger partial charge in [0.25, 0.3) is 0 Å². The van der Waals surface area contributed by atoms with Crippen molar-refractivity contribution in [3.8, 4) is 12.3 Å². The molecule has 1 amide bonds. The van der Waals surface area contributed by atoms with E-state index < -0.39 is 0 Å². The van der Waals surface area contributed by atoms with Gasteiger partial charge < -0.3 is 9.84 Å². The Morgan fingerprint density at radius 1 is 1.45 bits per heavy atom. The molecule has 6 heteroatoms. The van der Waals surface area contributed by atoms with Crippen molar-refractivity contribution >= 4 is 5.91 Å². The van der Waals surface area contributed by atoms with Crippen LogP contribution in [0.5, 0.6) is 0 Å². The predicted octanol–water partition coefficient (Wildman–Crippen LogP) is -0.150. The molecule has 1 aliphatic heterocycles. The van der Waals surface area contributed by atoms with Crippen LogP contribution in [0.15, 0.2) is 10.6 Å². The summed E-state index contributed by atoms with van der Waals surface area (Å²) in [5, 5.41) is 6.68. The number of aryl methyl sites for hydroxylation is 1. The molecule has 108 valence electrons. The van der Waals surface area contributed by atoms with Crippen molar-refractivity contribution in [1.82, 2.24) is 20.3 Å². The number of rotatable bonds is 5. The van der Waals surface area contributed by atoms with E-state index in [0.717, 1.165) is 44.2 Å². The minimum absolute atomic E-state index is 0.0106. The zero-order valence-corrected chi connectivity index (χ0v) is 11.8. The van der Waals surface area contributed by atoms with E-state index >= 15 is 0 Å². The van der Waals surface area contributed by atoms with Crippen molar-refractivity contribution < 1.29 is 9.32 Å². The average molecular weight is 276 g/mol. The topological polar surface area (TPSA) is 61.6 Å². The highest BCUT2D eigenvalue weighted by molar-refractivity contribution is 5.78. The van der Waals surface area contributed by atoms with Crippen molar-refractivity contribution in [3.05, 3.63) is 17.5 Å². The molecule has 0 unspecified atom stereocenters. The van der Waals surface area contributed by atoms with Crippen molar-refractivity contribution in [3.63, 3.8) is 0 Å². The minimum Gasteiger partial charge on any atom is -0.361 e. The van der Waals surface area contributed by atoms with Crippen molar-refractivity contribution in [2.75, 3.05) is 39.3 Å². The predicted molar refractivity (Wildman–Crippen MR) is 74.8 cm³/mol. The minimum atomic E-state index is -0.0106. The number of nitrogens with zero attached hydrogens (tertiary/aromatic N) is 3. The molecule has 0 spiro atoms. The third-order valence-electron chi connectivity index (χ3n) is 3.28. The molecule has 0 aliphatic carbocycles. The molecular formula is C14H20N4O2. The van der Waals surface area contributed by atoms with Gasteiger partial charge in [-0.1, -0.05) is 11.1 Å². The zero-order chi connectivity index (χ0) is 14.4. The second-order valence-corrected chi connectivity index (χ2v) is 4.96. The second-order valence-electron chi connectivity index (χ2n) is 4.96. The van der Waals surface area contributed by atoms with Crippen LogP contribution in [0.3, 0.4) is 0 Å². The number of hydrogen-bond donors (Lipinski definition) is 1. The number of carbonyl (C=O) groups is 1. The highest BCUT2D eigenvalue weighted by Gasteiger charge is 2.19. The Balaban J connectivity index is 1.70. The Hall–Kier alpha value is -1.84. The summed E-state index contributed by atoms with van der Waals surface area (Å²) in [4.78, 5) is 16.0. The van der Waals surface area contributed by atoms with Crippen LogP contribution < -0.4 is 5.32 Å². The third-order valence-corrected chi connectivity index (χ3v) is 3.28. The lowest BCUT2D eigenvalue weighted by Gasteiger charge is -2.33. The van der Waals surface area contributed by atoms with Gasteiger partial charge in [-0.05, 0) is 6.92 Å². The van der Waals surface area contributed by atoms with Crippen molar-refractivity contribution in [2.24, 2.45) is 0 Å². The maximum Gasteiger partial charge on any atom is 0.234 e. The van der Waals surface area contributed by atoms with Crippen molar-refractivity contribution in [1.29, 1.82) is 0 Å². The van der Waals surface area contributed by atoms with E-state index in [1.54, 1.807) is 0 Å². The molecule has 0 aromatic carbocycles. The first-order valence-corrected chi connectivity index (χ1v) is 6.74. The highest BCUT2D eigenvalue weighted by Crippen LogP contribution is 2.08. The average Bonchev–Trinajstić information content (AvgIpc) is 2.84. The second kappa shape index (κ2) is 7.08. The van der Waals surface area contributed by atoms with Crippen LogP contribution in [-0.2, 0) is 11.3 Å². The van der Waals surface area contributed by atoms with E-state index in [1.165, 1.54) is 0 Å². The van der Waals surface area contributed by atoms with Gasteiger partial charge in [0.05, 0.1) is 18.8 Å². The summed E-state index contributed by atoms with van der Waals surface area (Å²) in [6, 6.07) is 1.96. The van der Waals surface area contributed by atoms with E-state index in [-0.39, 0.29) is 5.91 Å². The first kappa shape index (κ1) is 14.6. The molecular weight excluding hydrogens is 256 g/mol.